The Labute approximate surface area is 55.0 Å². The molecule has 3 nitrogen and oxygen atoms in total. The Bertz CT molecular complexity index is 158. The second-order valence-corrected chi connectivity index (χ2v) is 1.44. The second-order valence-electron chi connectivity index (χ2n) is 1.44. The van der Waals surface area contributed by atoms with Crippen LogP contribution in [0.4, 0.5) is 8.78 Å². The first kappa shape index (κ1) is 8.87. The fraction of sp³-hybridized carbons (Fsp3) is 0.400. The van der Waals surface area contributed by atoms with E-state index in [2.05, 4.69) is 0 Å². The second kappa shape index (κ2) is 3.81. The molecule has 0 heterocycles. The van der Waals surface area contributed by atoms with Crippen LogP contribution < -0.4 is 0 Å². The molecule has 0 radical (unpaired) electrons. The molecule has 0 atom stereocenters. The average Bonchev–Trinajstić information content (AvgIpc) is 2.00. The smallest absolute Gasteiger partial charge is 0.269 e. The van der Waals surface area contributed by atoms with Gasteiger partial charge in [-0.2, -0.15) is 0 Å². The molecule has 0 aromatic rings. The highest BCUT2D eigenvalue weighted by Crippen LogP contribution is 1.83. The van der Waals surface area contributed by atoms with E-state index in [4.69, 9.17) is 0 Å². The largest absolute Gasteiger partial charge is 0.287 e. The standard InChI is InChI=1S/C5H4F2O3/c6-1-3(8)5(10)4(9)2-7/h1-2H2. The fourth-order valence-electron chi connectivity index (χ4n) is 0.277. The zero-order valence-corrected chi connectivity index (χ0v) is 4.89. The first-order valence-corrected chi connectivity index (χ1v) is 2.35. The Morgan fingerprint density at radius 2 is 1.20 bits per heavy atom. The van der Waals surface area contributed by atoms with Crippen LogP contribution in [0.15, 0.2) is 0 Å². The summed E-state index contributed by atoms with van der Waals surface area (Å²) in [4.78, 5) is 30.1. The van der Waals surface area contributed by atoms with E-state index in [0.29, 0.717) is 0 Å². The molecule has 0 aliphatic rings. The van der Waals surface area contributed by atoms with Crippen LogP contribution in [0.1, 0.15) is 0 Å². The summed E-state index contributed by atoms with van der Waals surface area (Å²) in [5.41, 5.74) is 0. The number of halogens is 2. The first-order chi connectivity index (χ1) is 4.63. The lowest BCUT2D eigenvalue weighted by Crippen LogP contribution is -2.26. The summed E-state index contributed by atoms with van der Waals surface area (Å²) in [6.45, 7) is -3.10. The lowest BCUT2D eigenvalue weighted by Gasteiger charge is -1.87. The highest BCUT2D eigenvalue weighted by atomic mass is 19.1. The van der Waals surface area contributed by atoms with E-state index < -0.39 is 30.7 Å². The highest BCUT2D eigenvalue weighted by Gasteiger charge is 2.21. The van der Waals surface area contributed by atoms with Gasteiger partial charge in [0.2, 0.25) is 11.6 Å². The number of ketones is 3. The summed E-state index contributed by atoms with van der Waals surface area (Å²) in [5.74, 6) is -4.60. The fourth-order valence-corrected chi connectivity index (χ4v) is 0.277. The quantitative estimate of drug-likeness (QED) is 0.406. The number of hydrogen-bond acceptors (Lipinski definition) is 3. The number of hydrogen-bond donors (Lipinski definition) is 0. The topological polar surface area (TPSA) is 51.2 Å². The summed E-state index contributed by atoms with van der Waals surface area (Å²) in [6, 6.07) is 0. The van der Waals surface area contributed by atoms with Crippen LogP contribution in [0, 0.1) is 0 Å². The molecule has 0 aromatic heterocycles. The van der Waals surface area contributed by atoms with Crippen molar-refractivity contribution < 1.29 is 23.2 Å². The third-order valence-corrected chi connectivity index (χ3v) is 0.749. The van der Waals surface area contributed by atoms with E-state index >= 15 is 0 Å². The lowest BCUT2D eigenvalue weighted by atomic mass is 10.2. The highest BCUT2D eigenvalue weighted by molar-refractivity contribution is 6.64. The maximum Gasteiger partial charge on any atom is 0.269 e. The van der Waals surface area contributed by atoms with E-state index in [1.165, 1.54) is 0 Å². The number of Topliss-reactive ketones (excluding diaryl/α,β-unsaturated/α-hetero) is 3. The van der Waals surface area contributed by atoms with E-state index in [0.717, 1.165) is 0 Å². The molecule has 0 unspecified atom stereocenters. The van der Waals surface area contributed by atoms with Gasteiger partial charge in [0.15, 0.2) is 13.3 Å². The molecule has 0 amide bonds. The van der Waals surface area contributed by atoms with Gasteiger partial charge in [0.05, 0.1) is 0 Å². The Kier molecular flexibility index (Phi) is 3.38. The molecule has 0 saturated carbocycles. The van der Waals surface area contributed by atoms with Crippen molar-refractivity contribution >= 4 is 17.3 Å². The summed E-state index contributed by atoms with van der Waals surface area (Å²) >= 11 is 0. The van der Waals surface area contributed by atoms with Crippen molar-refractivity contribution in [3.63, 3.8) is 0 Å². The molecule has 0 aromatic carbocycles. The third kappa shape index (κ3) is 2.00. The third-order valence-electron chi connectivity index (χ3n) is 0.749. The van der Waals surface area contributed by atoms with E-state index in [9.17, 15) is 23.2 Å². The van der Waals surface area contributed by atoms with Crippen LogP contribution in [0.2, 0.25) is 0 Å². The SMILES string of the molecule is O=C(CF)C(=O)C(=O)CF. The summed E-state index contributed by atoms with van der Waals surface area (Å²) in [6.07, 6.45) is 0. The molecule has 0 saturated heterocycles. The zero-order chi connectivity index (χ0) is 8.15. The minimum atomic E-state index is -1.61. The van der Waals surface area contributed by atoms with E-state index in [-0.39, 0.29) is 0 Å². The van der Waals surface area contributed by atoms with Crippen LogP contribution in [-0.4, -0.2) is 30.7 Å². The van der Waals surface area contributed by atoms with Gasteiger partial charge in [-0.1, -0.05) is 0 Å². The molecule has 0 N–H and O–H groups in total. The van der Waals surface area contributed by atoms with Crippen molar-refractivity contribution in [3.05, 3.63) is 0 Å². The summed E-state index contributed by atoms with van der Waals surface area (Å²) < 4.78 is 22.6. The summed E-state index contributed by atoms with van der Waals surface area (Å²) in [7, 11) is 0. The van der Waals surface area contributed by atoms with Gasteiger partial charge in [0.1, 0.15) is 0 Å². The molecule has 0 rings (SSSR count). The Morgan fingerprint density at radius 1 is 0.900 bits per heavy atom. The molecule has 0 spiro atoms. The molecule has 0 aliphatic heterocycles. The molecular weight excluding hydrogens is 146 g/mol. The van der Waals surface area contributed by atoms with Gasteiger partial charge in [-0.05, 0) is 0 Å². The van der Waals surface area contributed by atoms with Crippen molar-refractivity contribution in [2.24, 2.45) is 0 Å². The average molecular weight is 150 g/mol. The summed E-state index contributed by atoms with van der Waals surface area (Å²) in [5, 5.41) is 0. The van der Waals surface area contributed by atoms with Gasteiger partial charge in [0.25, 0.3) is 5.78 Å². The molecule has 10 heavy (non-hydrogen) atoms. The van der Waals surface area contributed by atoms with Gasteiger partial charge < -0.3 is 0 Å². The van der Waals surface area contributed by atoms with Crippen molar-refractivity contribution in [3.8, 4) is 0 Å². The number of alkyl halides is 2. The predicted molar refractivity (Wildman–Crippen MR) is 27.0 cm³/mol. The maximum atomic E-state index is 11.3. The Hall–Kier alpha value is -1.13. The van der Waals surface area contributed by atoms with Crippen molar-refractivity contribution in [1.29, 1.82) is 0 Å². The Balaban J connectivity index is 4.09. The van der Waals surface area contributed by atoms with E-state index in [1.807, 2.05) is 0 Å². The van der Waals surface area contributed by atoms with Gasteiger partial charge >= 0.3 is 0 Å². The molecular formula is C5H4F2O3. The molecule has 0 bridgehead atoms. The van der Waals surface area contributed by atoms with Crippen molar-refractivity contribution in [2.45, 2.75) is 0 Å². The molecule has 5 heteroatoms. The van der Waals surface area contributed by atoms with E-state index in [1.54, 1.807) is 0 Å². The molecule has 0 fully saturated rings. The van der Waals surface area contributed by atoms with Gasteiger partial charge in [-0.15, -0.1) is 0 Å². The van der Waals surface area contributed by atoms with Gasteiger partial charge in [0, 0.05) is 0 Å². The van der Waals surface area contributed by atoms with Crippen molar-refractivity contribution in [2.75, 3.05) is 13.3 Å². The first-order valence-electron chi connectivity index (χ1n) is 2.35. The zero-order valence-electron chi connectivity index (χ0n) is 4.89. The molecule has 0 aliphatic carbocycles. The van der Waals surface area contributed by atoms with Crippen LogP contribution in [0.3, 0.4) is 0 Å². The van der Waals surface area contributed by atoms with Crippen LogP contribution in [-0.2, 0) is 14.4 Å². The minimum absolute atomic E-state index is 1.50. The number of carbonyl (C=O) groups is 3. The van der Waals surface area contributed by atoms with Gasteiger partial charge in [-0.25, -0.2) is 8.78 Å². The van der Waals surface area contributed by atoms with Gasteiger partial charge in [-0.3, -0.25) is 14.4 Å². The normalized spacial score (nSPS) is 9.00. The van der Waals surface area contributed by atoms with Crippen molar-refractivity contribution in [1.82, 2.24) is 0 Å². The monoisotopic (exact) mass is 150 g/mol. The lowest BCUT2D eigenvalue weighted by molar-refractivity contribution is -0.144. The molecule has 56 valence electrons. The maximum absolute atomic E-state index is 11.3. The van der Waals surface area contributed by atoms with Crippen LogP contribution in [0.25, 0.3) is 0 Å². The number of carbonyl (C=O) groups excluding carboxylic acids is 3. The van der Waals surface area contributed by atoms with Crippen LogP contribution in [0.5, 0.6) is 0 Å². The Morgan fingerprint density at radius 3 is 1.40 bits per heavy atom. The van der Waals surface area contributed by atoms with Crippen LogP contribution >= 0.6 is 0 Å². The predicted octanol–water partition coefficient (Wildman–Crippen LogP) is -0.367. The number of rotatable bonds is 4. The minimum Gasteiger partial charge on any atom is -0.287 e.